The van der Waals surface area contributed by atoms with E-state index < -0.39 is 5.60 Å². The lowest BCUT2D eigenvalue weighted by molar-refractivity contribution is 0.0517. The molecule has 1 radical (unpaired) electrons. The summed E-state index contributed by atoms with van der Waals surface area (Å²) in [6, 6.07) is 0. The Morgan fingerprint density at radius 3 is 2.60 bits per heavy atom. The summed E-state index contributed by atoms with van der Waals surface area (Å²) in [6.45, 7) is 9.14. The van der Waals surface area contributed by atoms with Gasteiger partial charge in [-0.25, -0.2) is 0 Å². The Bertz CT molecular complexity index is 94.9. The molecule has 0 rings (SSSR count). The van der Waals surface area contributed by atoms with Crippen molar-refractivity contribution >= 4 is 0 Å². The lowest BCUT2D eigenvalue weighted by Gasteiger charge is -2.20. The minimum atomic E-state index is -0.579. The first-order valence-corrected chi connectivity index (χ1v) is 3.88. The molecule has 0 aliphatic rings. The predicted molar refractivity (Wildman–Crippen MR) is 43.6 cm³/mol. The molecule has 1 heteroatoms. The second-order valence-corrected chi connectivity index (χ2v) is 3.04. The van der Waals surface area contributed by atoms with Crippen LogP contribution < -0.4 is 0 Å². The molecule has 0 aliphatic carbocycles. The number of aliphatic hydroxyl groups is 1. The number of unbranched alkanes of at least 4 members (excludes halogenated alkanes) is 1. The Labute approximate surface area is 63.8 Å². The zero-order valence-electron chi connectivity index (χ0n) is 6.93. The highest BCUT2D eigenvalue weighted by Crippen LogP contribution is 2.17. The SMILES string of the molecule is [CH]=CCC(C)(O)CCCC. The molecular formula is C9H17O. The fourth-order valence-electron chi connectivity index (χ4n) is 0.914. The van der Waals surface area contributed by atoms with Gasteiger partial charge in [-0.15, -0.1) is 0 Å². The topological polar surface area (TPSA) is 20.2 Å². The van der Waals surface area contributed by atoms with Gasteiger partial charge >= 0.3 is 0 Å². The van der Waals surface area contributed by atoms with Crippen LogP contribution in [0.15, 0.2) is 6.08 Å². The van der Waals surface area contributed by atoms with Gasteiger partial charge in [0.25, 0.3) is 0 Å². The van der Waals surface area contributed by atoms with Crippen molar-refractivity contribution in [2.24, 2.45) is 0 Å². The molecule has 1 N–H and O–H groups in total. The zero-order chi connectivity index (χ0) is 8.04. The van der Waals surface area contributed by atoms with Gasteiger partial charge in [0.2, 0.25) is 0 Å². The highest BCUT2D eigenvalue weighted by atomic mass is 16.3. The van der Waals surface area contributed by atoms with Crippen LogP contribution in [0.4, 0.5) is 0 Å². The smallest absolute Gasteiger partial charge is 0.0654 e. The highest BCUT2D eigenvalue weighted by molar-refractivity contribution is 4.80. The Kier molecular flexibility index (Phi) is 4.37. The summed E-state index contributed by atoms with van der Waals surface area (Å²) in [5.74, 6) is 0. The van der Waals surface area contributed by atoms with E-state index in [1.807, 2.05) is 6.92 Å². The van der Waals surface area contributed by atoms with Crippen molar-refractivity contribution in [2.75, 3.05) is 0 Å². The molecule has 0 heterocycles. The third-order valence-electron chi connectivity index (χ3n) is 1.63. The molecule has 0 aromatic carbocycles. The number of hydrogen-bond acceptors (Lipinski definition) is 1. The molecule has 10 heavy (non-hydrogen) atoms. The predicted octanol–water partition coefficient (Wildman–Crippen LogP) is 2.31. The standard InChI is InChI=1S/C9H17O/c1-4-6-8-9(3,10)7-5-2/h2,5,10H,4,6-8H2,1,3H3. The second-order valence-electron chi connectivity index (χ2n) is 3.04. The summed E-state index contributed by atoms with van der Waals surface area (Å²) in [5, 5.41) is 9.53. The van der Waals surface area contributed by atoms with Gasteiger partial charge in [-0.1, -0.05) is 32.4 Å². The van der Waals surface area contributed by atoms with Crippen LogP contribution in [-0.4, -0.2) is 10.7 Å². The molecule has 0 amide bonds. The van der Waals surface area contributed by atoms with Crippen LogP contribution in [0.25, 0.3) is 0 Å². The Morgan fingerprint density at radius 1 is 1.60 bits per heavy atom. The first-order valence-electron chi connectivity index (χ1n) is 3.88. The molecule has 0 aromatic rings. The van der Waals surface area contributed by atoms with Crippen LogP contribution in [-0.2, 0) is 0 Å². The van der Waals surface area contributed by atoms with Crippen molar-refractivity contribution in [3.05, 3.63) is 12.7 Å². The molecule has 1 unspecified atom stereocenters. The van der Waals surface area contributed by atoms with E-state index in [1.165, 1.54) is 6.08 Å². The average Bonchev–Trinajstić information content (AvgIpc) is 1.84. The van der Waals surface area contributed by atoms with Gasteiger partial charge in [0.15, 0.2) is 0 Å². The Balaban J connectivity index is 3.51. The number of hydrogen-bond donors (Lipinski definition) is 1. The molecule has 0 bridgehead atoms. The van der Waals surface area contributed by atoms with Crippen molar-refractivity contribution in [1.82, 2.24) is 0 Å². The Morgan fingerprint density at radius 2 is 2.20 bits per heavy atom. The van der Waals surface area contributed by atoms with Crippen molar-refractivity contribution in [1.29, 1.82) is 0 Å². The Hall–Kier alpha value is -0.300. The van der Waals surface area contributed by atoms with Gasteiger partial charge in [-0.2, -0.15) is 0 Å². The molecule has 0 fully saturated rings. The van der Waals surface area contributed by atoms with Crippen molar-refractivity contribution < 1.29 is 5.11 Å². The first-order chi connectivity index (χ1) is 4.62. The maximum absolute atomic E-state index is 9.53. The minimum Gasteiger partial charge on any atom is -0.390 e. The van der Waals surface area contributed by atoms with E-state index in [0.717, 1.165) is 19.3 Å². The van der Waals surface area contributed by atoms with Gasteiger partial charge in [0.1, 0.15) is 0 Å². The van der Waals surface area contributed by atoms with Crippen molar-refractivity contribution in [3.63, 3.8) is 0 Å². The molecule has 0 saturated heterocycles. The van der Waals surface area contributed by atoms with Gasteiger partial charge in [0.05, 0.1) is 5.60 Å². The summed E-state index contributed by atoms with van der Waals surface area (Å²) >= 11 is 0. The van der Waals surface area contributed by atoms with E-state index in [1.54, 1.807) is 0 Å². The average molecular weight is 141 g/mol. The van der Waals surface area contributed by atoms with E-state index in [4.69, 9.17) is 6.58 Å². The van der Waals surface area contributed by atoms with Crippen molar-refractivity contribution in [3.8, 4) is 0 Å². The molecule has 0 aromatic heterocycles. The van der Waals surface area contributed by atoms with Crippen LogP contribution in [0.5, 0.6) is 0 Å². The van der Waals surface area contributed by atoms with Crippen LogP contribution in [0.2, 0.25) is 0 Å². The molecule has 1 nitrogen and oxygen atoms in total. The summed E-state index contributed by atoms with van der Waals surface area (Å²) < 4.78 is 0. The summed E-state index contributed by atoms with van der Waals surface area (Å²) in [6.07, 6.45) is 5.15. The van der Waals surface area contributed by atoms with Crippen LogP contribution in [0.3, 0.4) is 0 Å². The van der Waals surface area contributed by atoms with Gasteiger partial charge in [0, 0.05) is 0 Å². The lowest BCUT2D eigenvalue weighted by atomic mass is 9.96. The molecule has 0 aliphatic heterocycles. The summed E-state index contributed by atoms with van der Waals surface area (Å²) in [5.41, 5.74) is -0.579. The molecule has 59 valence electrons. The van der Waals surface area contributed by atoms with Crippen molar-refractivity contribution in [2.45, 2.75) is 45.1 Å². The molecule has 0 spiro atoms. The second kappa shape index (κ2) is 4.51. The van der Waals surface area contributed by atoms with E-state index in [2.05, 4.69) is 6.92 Å². The number of rotatable bonds is 5. The van der Waals surface area contributed by atoms with E-state index in [9.17, 15) is 5.11 Å². The summed E-state index contributed by atoms with van der Waals surface area (Å²) in [7, 11) is 0. The molecule has 1 atom stereocenters. The zero-order valence-corrected chi connectivity index (χ0v) is 6.93. The normalized spacial score (nSPS) is 16.3. The lowest BCUT2D eigenvalue weighted by Crippen LogP contribution is -2.22. The minimum absolute atomic E-state index is 0.579. The third-order valence-corrected chi connectivity index (χ3v) is 1.63. The maximum atomic E-state index is 9.53. The van der Waals surface area contributed by atoms with E-state index in [-0.39, 0.29) is 0 Å². The van der Waals surface area contributed by atoms with Crippen LogP contribution in [0, 0.1) is 6.58 Å². The van der Waals surface area contributed by atoms with E-state index in [0.29, 0.717) is 6.42 Å². The first kappa shape index (κ1) is 9.70. The fraction of sp³-hybridized carbons (Fsp3) is 0.778. The third kappa shape index (κ3) is 4.57. The highest BCUT2D eigenvalue weighted by Gasteiger charge is 2.16. The fourth-order valence-corrected chi connectivity index (χ4v) is 0.914. The maximum Gasteiger partial charge on any atom is 0.0654 e. The largest absolute Gasteiger partial charge is 0.390 e. The quantitative estimate of drug-likeness (QED) is 0.623. The summed E-state index contributed by atoms with van der Waals surface area (Å²) in [4.78, 5) is 0. The molecule has 0 saturated carbocycles. The van der Waals surface area contributed by atoms with Gasteiger partial charge in [-0.3, -0.25) is 0 Å². The molecular weight excluding hydrogens is 124 g/mol. The van der Waals surface area contributed by atoms with Gasteiger partial charge in [-0.05, 0) is 19.8 Å². The monoisotopic (exact) mass is 141 g/mol. The van der Waals surface area contributed by atoms with E-state index >= 15 is 0 Å². The van der Waals surface area contributed by atoms with Crippen LogP contribution >= 0.6 is 0 Å². The van der Waals surface area contributed by atoms with Crippen LogP contribution in [0.1, 0.15) is 39.5 Å². The van der Waals surface area contributed by atoms with Gasteiger partial charge < -0.3 is 5.11 Å².